The van der Waals surface area contributed by atoms with Gasteiger partial charge in [0.15, 0.2) is 5.69 Å². The molecule has 72 valence electrons. The predicted octanol–water partition coefficient (Wildman–Crippen LogP) is 0.660. The molecular weight excluding hydrogens is 236 g/mol. The van der Waals surface area contributed by atoms with Crippen molar-refractivity contribution in [3.05, 3.63) is 11.9 Å². The van der Waals surface area contributed by atoms with Crippen LogP contribution >= 0.6 is 15.9 Å². The fourth-order valence-corrected chi connectivity index (χ4v) is 1.22. The van der Waals surface area contributed by atoms with Crippen LogP contribution in [0.4, 0.5) is 0 Å². The first-order valence-electron chi connectivity index (χ1n) is 3.85. The fourth-order valence-electron chi connectivity index (χ4n) is 0.789. The van der Waals surface area contributed by atoms with E-state index in [9.17, 15) is 4.79 Å². The highest BCUT2D eigenvalue weighted by Gasteiger charge is 2.18. The van der Waals surface area contributed by atoms with Crippen LogP contribution in [-0.2, 0) is 0 Å². The van der Waals surface area contributed by atoms with Gasteiger partial charge in [0, 0.05) is 18.4 Å². The van der Waals surface area contributed by atoms with Crippen molar-refractivity contribution in [1.29, 1.82) is 0 Å². The number of rotatable bonds is 3. The monoisotopic (exact) mass is 246 g/mol. The van der Waals surface area contributed by atoms with E-state index in [1.807, 2.05) is 6.92 Å². The largest absolute Gasteiger partial charge is 0.337 e. The van der Waals surface area contributed by atoms with E-state index in [-0.39, 0.29) is 11.9 Å². The summed E-state index contributed by atoms with van der Waals surface area (Å²) in [6, 6.07) is 0.143. The summed E-state index contributed by atoms with van der Waals surface area (Å²) in [5, 5.41) is 10.4. The number of hydrogen-bond acceptors (Lipinski definition) is 3. The van der Waals surface area contributed by atoms with Crippen LogP contribution in [0, 0.1) is 0 Å². The van der Waals surface area contributed by atoms with Gasteiger partial charge in [-0.2, -0.15) is 15.4 Å². The molecule has 0 aliphatic heterocycles. The highest BCUT2D eigenvalue weighted by molar-refractivity contribution is 9.09. The van der Waals surface area contributed by atoms with E-state index in [4.69, 9.17) is 0 Å². The number of alkyl halides is 1. The molecule has 0 saturated heterocycles. The Labute approximate surface area is 84.6 Å². The molecule has 0 aromatic carbocycles. The Bertz CT molecular complexity index is 274. The molecule has 1 N–H and O–H groups in total. The van der Waals surface area contributed by atoms with Gasteiger partial charge in [-0.05, 0) is 6.92 Å². The van der Waals surface area contributed by atoms with Gasteiger partial charge in [0.1, 0.15) is 0 Å². The first-order chi connectivity index (χ1) is 6.16. The maximum atomic E-state index is 11.6. The average molecular weight is 247 g/mol. The molecule has 1 aromatic heterocycles. The van der Waals surface area contributed by atoms with Crippen molar-refractivity contribution in [1.82, 2.24) is 20.3 Å². The fraction of sp³-hybridized carbons (Fsp3) is 0.571. The summed E-state index contributed by atoms with van der Waals surface area (Å²) in [7, 11) is 1.74. The number of amides is 1. The van der Waals surface area contributed by atoms with Crippen molar-refractivity contribution >= 4 is 21.8 Å². The van der Waals surface area contributed by atoms with Crippen LogP contribution in [0.3, 0.4) is 0 Å². The molecule has 0 saturated carbocycles. The second-order valence-electron chi connectivity index (χ2n) is 2.77. The van der Waals surface area contributed by atoms with Gasteiger partial charge >= 0.3 is 0 Å². The van der Waals surface area contributed by atoms with E-state index >= 15 is 0 Å². The topological polar surface area (TPSA) is 61.9 Å². The molecule has 1 aromatic rings. The SMILES string of the molecule is CC(CBr)N(C)C(=O)c1cn[nH]n1. The normalized spacial score (nSPS) is 12.5. The highest BCUT2D eigenvalue weighted by atomic mass is 79.9. The van der Waals surface area contributed by atoms with Gasteiger partial charge in [-0.25, -0.2) is 0 Å². The number of halogens is 1. The number of hydrogen-bond donors (Lipinski definition) is 1. The molecule has 1 atom stereocenters. The Kier molecular flexibility index (Phi) is 3.41. The van der Waals surface area contributed by atoms with Gasteiger partial charge < -0.3 is 4.90 Å². The summed E-state index contributed by atoms with van der Waals surface area (Å²) in [6.07, 6.45) is 1.42. The van der Waals surface area contributed by atoms with E-state index in [0.717, 1.165) is 5.33 Å². The molecule has 5 nitrogen and oxygen atoms in total. The van der Waals surface area contributed by atoms with Crippen LogP contribution in [0.25, 0.3) is 0 Å². The van der Waals surface area contributed by atoms with E-state index in [1.165, 1.54) is 6.20 Å². The Morgan fingerprint density at radius 2 is 2.54 bits per heavy atom. The van der Waals surface area contributed by atoms with Crippen molar-refractivity contribution in [2.75, 3.05) is 12.4 Å². The molecular formula is C7H11BrN4O. The Hall–Kier alpha value is -0.910. The maximum absolute atomic E-state index is 11.6. The van der Waals surface area contributed by atoms with Crippen LogP contribution < -0.4 is 0 Å². The van der Waals surface area contributed by atoms with Crippen molar-refractivity contribution < 1.29 is 4.79 Å². The third kappa shape index (κ3) is 2.27. The molecule has 0 spiro atoms. The summed E-state index contributed by atoms with van der Waals surface area (Å²) >= 11 is 3.31. The number of aromatic amines is 1. The zero-order chi connectivity index (χ0) is 9.84. The molecule has 1 unspecified atom stereocenters. The van der Waals surface area contributed by atoms with Crippen LogP contribution in [-0.4, -0.2) is 44.6 Å². The van der Waals surface area contributed by atoms with Crippen molar-refractivity contribution in [3.8, 4) is 0 Å². The van der Waals surface area contributed by atoms with Gasteiger partial charge in [0.2, 0.25) is 0 Å². The third-order valence-electron chi connectivity index (χ3n) is 1.84. The maximum Gasteiger partial charge on any atom is 0.276 e. The average Bonchev–Trinajstić information content (AvgIpc) is 2.67. The van der Waals surface area contributed by atoms with Crippen LogP contribution in [0.1, 0.15) is 17.4 Å². The third-order valence-corrected chi connectivity index (χ3v) is 2.78. The molecule has 1 amide bonds. The van der Waals surface area contributed by atoms with Gasteiger partial charge in [-0.1, -0.05) is 15.9 Å². The minimum atomic E-state index is -0.124. The van der Waals surface area contributed by atoms with E-state index in [0.29, 0.717) is 5.69 Å². The van der Waals surface area contributed by atoms with Crippen molar-refractivity contribution in [2.24, 2.45) is 0 Å². The molecule has 1 heterocycles. The van der Waals surface area contributed by atoms with Gasteiger partial charge in [-0.3, -0.25) is 4.79 Å². The minimum absolute atomic E-state index is 0.124. The standard InChI is InChI=1S/C7H11BrN4O/c1-5(3-8)12(2)7(13)6-4-9-11-10-6/h4-5H,3H2,1-2H3,(H,9,10,11). The molecule has 1 rings (SSSR count). The number of aromatic nitrogens is 3. The van der Waals surface area contributed by atoms with Gasteiger partial charge in [-0.15, -0.1) is 0 Å². The molecule has 0 aliphatic rings. The van der Waals surface area contributed by atoms with E-state index < -0.39 is 0 Å². The summed E-state index contributed by atoms with van der Waals surface area (Å²) in [6.45, 7) is 1.95. The first-order valence-corrected chi connectivity index (χ1v) is 4.98. The quantitative estimate of drug-likeness (QED) is 0.798. The Morgan fingerprint density at radius 1 is 1.85 bits per heavy atom. The molecule has 0 aliphatic carbocycles. The predicted molar refractivity (Wildman–Crippen MR) is 51.7 cm³/mol. The molecule has 0 bridgehead atoms. The van der Waals surface area contributed by atoms with Gasteiger partial charge in [0.05, 0.1) is 6.20 Å². The summed E-state index contributed by atoms with van der Waals surface area (Å²) < 4.78 is 0. The number of carbonyl (C=O) groups excluding carboxylic acids is 1. The summed E-state index contributed by atoms with van der Waals surface area (Å²) in [5.41, 5.74) is 0.343. The lowest BCUT2D eigenvalue weighted by Gasteiger charge is -2.21. The lowest BCUT2D eigenvalue weighted by molar-refractivity contribution is 0.0752. The Morgan fingerprint density at radius 3 is 3.00 bits per heavy atom. The number of carbonyl (C=O) groups is 1. The zero-order valence-corrected chi connectivity index (χ0v) is 9.08. The molecule has 13 heavy (non-hydrogen) atoms. The molecule has 0 fully saturated rings. The van der Waals surface area contributed by atoms with Crippen LogP contribution in [0.15, 0.2) is 6.20 Å². The number of nitrogens with zero attached hydrogens (tertiary/aromatic N) is 3. The number of nitrogens with one attached hydrogen (secondary N) is 1. The summed E-state index contributed by atoms with van der Waals surface area (Å²) in [5.74, 6) is -0.124. The van der Waals surface area contributed by atoms with Gasteiger partial charge in [0.25, 0.3) is 5.91 Å². The zero-order valence-electron chi connectivity index (χ0n) is 7.49. The van der Waals surface area contributed by atoms with Crippen LogP contribution in [0.2, 0.25) is 0 Å². The minimum Gasteiger partial charge on any atom is -0.337 e. The highest BCUT2D eigenvalue weighted by Crippen LogP contribution is 2.04. The lowest BCUT2D eigenvalue weighted by atomic mass is 10.3. The number of H-pyrrole nitrogens is 1. The molecule has 6 heteroatoms. The van der Waals surface area contributed by atoms with E-state index in [1.54, 1.807) is 11.9 Å². The first kappa shape index (κ1) is 10.2. The lowest BCUT2D eigenvalue weighted by Crippen LogP contribution is -2.36. The van der Waals surface area contributed by atoms with Crippen molar-refractivity contribution in [3.63, 3.8) is 0 Å². The molecule has 0 radical (unpaired) electrons. The summed E-state index contributed by atoms with van der Waals surface area (Å²) in [4.78, 5) is 13.2. The van der Waals surface area contributed by atoms with Crippen molar-refractivity contribution in [2.45, 2.75) is 13.0 Å². The van der Waals surface area contributed by atoms with E-state index in [2.05, 4.69) is 31.3 Å². The second kappa shape index (κ2) is 4.36. The Balaban J connectivity index is 2.68. The second-order valence-corrected chi connectivity index (χ2v) is 3.42. The smallest absolute Gasteiger partial charge is 0.276 e. The van der Waals surface area contributed by atoms with Crippen LogP contribution in [0.5, 0.6) is 0 Å².